The van der Waals surface area contributed by atoms with Crippen LogP contribution in [0.15, 0.2) is 48.5 Å². The molecule has 0 heterocycles. The Morgan fingerprint density at radius 1 is 1.06 bits per heavy atom. The van der Waals surface area contributed by atoms with Gasteiger partial charge in [-0.1, -0.05) is 31.2 Å². The average Bonchev–Trinajstić information content (AvgIpc) is 2.81. The fourth-order valence-electron chi connectivity index (χ4n) is 3.72. The number of carbonyl (C=O) groups is 3. The lowest BCUT2D eigenvalue weighted by atomic mass is 10.1. The van der Waals surface area contributed by atoms with Crippen LogP contribution in [-0.2, 0) is 26.2 Å². The molecule has 1 atom stereocenters. The van der Waals surface area contributed by atoms with Gasteiger partial charge >= 0.3 is 0 Å². The lowest BCUT2D eigenvalue weighted by Gasteiger charge is -2.33. The van der Waals surface area contributed by atoms with Crippen LogP contribution in [0.3, 0.4) is 0 Å². The number of rotatable bonds is 12. The van der Waals surface area contributed by atoms with Crippen molar-refractivity contribution in [3.63, 3.8) is 0 Å². The Kier molecular flexibility index (Phi) is 10.0. The van der Waals surface area contributed by atoms with Crippen LogP contribution in [-0.4, -0.2) is 62.9 Å². The predicted molar refractivity (Wildman–Crippen MR) is 140 cm³/mol. The Morgan fingerprint density at radius 2 is 1.69 bits per heavy atom. The van der Waals surface area contributed by atoms with Crippen molar-refractivity contribution in [3.8, 4) is 5.75 Å². The molecule has 196 valence electrons. The molecule has 2 aromatic rings. The topological polar surface area (TPSA) is 113 Å². The van der Waals surface area contributed by atoms with Crippen LogP contribution in [0.1, 0.15) is 50.0 Å². The smallest absolute Gasteiger partial charge is 0.244 e. The molecular weight excluding hydrogens is 482 g/mol. The van der Waals surface area contributed by atoms with Gasteiger partial charge in [0.2, 0.25) is 21.8 Å². The molecule has 0 bridgehead atoms. The number of anilines is 1. The minimum absolute atomic E-state index is 0.0952. The van der Waals surface area contributed by atoms with E-state index in [2.05, 4.69) is 5.32 Å². The second-order valence-electron chi connectivity index (χ2n) is 8.83. The normalized spacial score (nSPS) is 12.1. The SMILES string of the molecule is CCC(C(=O)NC(C)C)N(Cc1ccc(OC)cc1)C(=O)CN(c1cccc(C(C)=O)c1)S(C)(=O)=O. The van der Waals surface area contributed by atoms with Gasteiger partial charge in [-0.2, -0.15) is 0 Å². The second kappa shape index (κ2) is 12.5. The number of nitrogens with zero attached hydrogens (tertiary/aromatic N) is 2. The molecule has 0 radical (unpaired) electrons. The number of nitrogens with one attached hydrogen (secondary N) is 1. The van der Waals surface area contributed by atoms with E-state index in [-0.39, 0.29) is 30.0 Å². The Hall–Kier alpha value is -3.40. The van der Waals surface area contributed by atoms with Gasteiger partial charge in [0.1, 0.15) is 18.3 Å². The lowest BCUT2D eigenvalue weighted by molar-refractivity contribution is -0.140. The third kappa shape index (κ3) is 7.81. The Morgan fingerprint density at radius 3 is 2.19 bits per heavy atom. The summed E-state index contributed by atoms with van der Waals surface area (Å²) in [6.07, 6.45) is 1.33. The molecule has 0 fully saturated rings. The third-order valence-corrected chi connectivity index (χ3v) is 6.69. The molecule has 1 unspecified atom stereocenters. The standard InChI is InChI=1S/C26H35N3O6S/c1-7-24(26(32)27-18(2)3)28(16-20-11-13-23(35-5)14-12-20)25(31)17-29(36(6,33)34)22-10-8-9-21(15-22)19(4)30/h8-15,18,24H,7,16-17H2,1-6H3,(H,27,32). The molecule has 0 saturated carbocycles. The number of methoxy groups -OCH3 is 1. The van der Waals surface area contributed by atoms with Crippen molar-refractivity contribution in [2.24, 2.45) is 0 Å². The van der Waals surface area contributed by atoms with Crippen molar-refractivity contribution in [3.05, 3.63) is 59.7 Å². The maximum absolute atomic E-state index is 13.7. The molecule has 0 aliphatic carbocycles. The quantitative estimate of drug-likeness (QED) is 0.433. The maximum Gasteiger partial charge on any atom is 0.244 e. The van der Waals surface area contributed by atoms with E-state index in [0.717, 1.165) is 16.1 Å². The summed E-state index contributed by atoms with van der Waals surface area (Å²) in [5.41, 5.74) is 1.28. The van der Waals surface area contributed by atoms with E-state index in [0.29, 0.717) is 17.7 Å². The Bertz CT molecular complexity index is 1180. The zero-order valence-electron chi connectivity index (χ0n) is 21.6. The van der Waals surface area contributed by atoms with Crippen molar-refractivity contribution in [1.29, 1.82) is 0 Å². The molecule has 0 aliphatic rings. The average molecular weight is 518 g/mol. The number of benzene rings is 2. The van der Waals surface area contributed by atoms with Crippen LogP contribution in [0.5, 0.6) is 5.75 Å². The molecule has 9 nitrogen and oxygen atoms in total. The highest BCUT2D eigenvalue weighted by Crippen LogP contribution is 2.22. The van der Waals surface area contributed by atoms with Gasteiger partial charge in [0.15, 0.2) is 5.78 Å². The highest BCUT2D eigenvalue weighted by atomic mass is 32.2. The summed E-state index contributed by atoms with van der Waals surface area (Å²) in [6, 6.07) is 12.2. The molecule has 0 aliphatic heterocycles. The van der Waals surface area contributed by atoms with Gasteiger partial charge in [0, 0.05) is 18.2 Å². The molecule has 0 saturated heterocycles. The first-order chi connectivity index (χ1) is 16.9. The van der Waals surface area contributed by atoms with Crippen LogP contribution in [0.4, 0.5) is 5.69 Å². The summed E-state index contributed by atoms with van der Waals surface area (Å²) in [7, 11) is -2.33. The number of hydrogen-bond acceptors (Lipinski definition) is 6. The van der Waals surface area contributed by atoms with Crippen molar-refractivity contribution in [2.45, 2.75) is 52.7 Å². The Labute approximate surface area is 213 Å². The molecule has 10 heteroatoms. The highest BCUT2D eigenvalue weighted by Gasteiger charge is 2.32. The first kappa shape index (κ1) is 28.8. The van der Waals surface area contributed by atoms with E-state index in [1.54, 1.807) is 50.4 Å². The van der Waals surface area contributed by atoms with Crippen LogP contribution >= 0.6 is 0 Å². The van der Waals surface area contributed by atoms with Crippen molar-refractivity contribution in [1.82, 2.24) is 10.2 Å². The Balaban J connectivity index is 2.47. The van der Waals surface area contributed by atoms with E-state index >= 15 is 0 Å². The molecule has 2 amide bonds. The van der Waals surface area contributed by atoms with Gasteiger partial charge in [-0.25, -0.2) is 8.42 Å². The number of hydrogen-bond donors (Lipinski definition) is 1. The summed E-state index contributed by atoms with van der Waals surface area (Å²) in [6.45, 7) is 6.40. The van der Waals surface area contributed by atoms with Crippen LogP contribution < -0.4 is 14.4 Å². The zero-order valence-corrected chi connectivity index (χ0v) is 22.5. The maximum atomic E-state index is 13.7. The molecular formula is C26H35N3O6S. The highest BCUT2D eigenvalue weighted by molar-refractivity contribution is 7.92. The van der Waals surface area contributed by atoms with Gasteiger partial charge in [0.25, 0.3) is 0 Å². The fraction of sp³-hybridized carbons (Fsp3) is 0.423. The first-order valence-corrected chi connectivity index (χ1v) is 13.5. The minimum Gasteiger partial charge on any atom is -0.497 e. The number of Topliss-reactive ketones (excluding diaryl/α,β-unsaturated/α-hetero) is 1. The number of ketones is 1. The lowest BCUT2D eigenvalue weighted by Crippen LogP contribution is -2.53. The van der Waals surface area contributed by atoms with Gasteiger partial charge in [-0.3, -0.25) is 18.7 Å². The molecule has 2 aromatic carbocycles. The summed E-state index contributed by atoms with van der Waals surface area (Å²) in [5, 5.41) is 2.85. The van der Waals surface area contributed by atoms with E-state index in [1.807, 2.05) is 13.8 Å². The summed E-state index contributed by atoms with van der Waals surface area (Å²) >= 11 is 0. The van der Waals surface area contributed by atoms with E-state index in [4.69, 9.17) is 4.74 Å². The van der Waals surface area contributed by atoms with Crippen molar-refractivity contribution < 1.29 is 27.5 Å². The van der Waals surface area contributed by atoms with Gasteiger partial charge < -0.3 is 15.0 Å². The second-order valence-corrected chi connectivity index (χ2v) is 10.7. The number of carbonyl (C=O) groups excluding carboxylic acids is 3. The first-order valence-electron chi connectivity index (χ1n) is 11.7. The number of amides is 2. The molecule has 0 spiro atoms. The van der Waals surface area contributed by atoms with Gasteiger partial charge in [-0.15, -0.1) is 0 Å². The van der Waals surface area contributed by atoms with Crippen LogP contribution in [0.25, 0.3) is 0 Å². The van der Waals surface area contributed by atoms with Crippen LogP contribution in [0.2, 0.25) is 0 Å². The third-order valence-electron chi connectivity index (χ3n) is 5.55. The van der Waals surface area contributed by atoms with Gasteiger partial charge in [0.05, 0.1) is 19.1 Å². The van der Waals surface area contributed by atoms with Gasteiger partial charge in [-0.05, 0) is 57.0 Å². The number of ether oxygens (including phenoxy) is 1. The summed E-state index contributed by atoms with van der Waals surface area (Å²) in [4.78, 5) is 39.9. The largest absolute Gasteiger partial charge is 0.497 e. The summed E-state index contributed by atoms with van der Waals surface area (Å²) in [5.74, 6) is -0.446. The van der Waals surface area contributed by atoms with E-state index in [1.165, 1.54) is 24.0 Å². The predicted octanol–water partition coefficient (Wildman–Crippen LogP) is 3.00. The summed E-state index contributed by atoms with van der Waals surface area (Å²) < 4.78 is 31.5. The van der Waals surface area contributed by atoms with E-state index < -0.39 is 28.5 Å². The molecule has 1 N–H and O–H groups in total. The van der Waals surface area contributed by atoms with E-state index in [9.17, 15) is 22.8 Å². The zero-order chi connectivity index (χ0) is 27.0. The molecule has 2 rings (SSSR count). The van der Waals surface area contributed by atoms with Crippen molar-refractivity contribution in [2.75, 3.05) is 24.2 Å². The molecule has 0 aromatic heterocycles. The van der Waals surface area contributed by atoms with Crippen LogP contribution in [0, 0.1) is 0 Å². The number of sulfonamides is 1. The fourth-order valence-corrected chi connectivity index (χ4v) is 4.56. The van der Waals surface area contributed by atoms with Crippen molar-refractivity contribution >= 4 is 33.3 Å². The minimum atomic E-state index is -3.89. The monoisotopic (exact) mass is 517 g/mol. The molecule has 36 heavy (non-hydrogen) atoms.